The molecule has 0 aliphatic carbocycles. The molecule has 0 radical (unpaired) electrons. The second kappa shape index (κ2) is 16.4. The van der Waals surface area contributed by atoms with Gasteiger partial charge in [0.1, 0.15) is 12.1 Å². The van der Waals surface area contributed by atoms with Crippen molar-refractivity contribution in [1.29, 1.82) is 0 Å². The first-order valence-corrected chi connectivity index (χ1v) is 16.1. The summed E-state index contributed by atoms with van der Waals surface area (Å²) in [5.41, 5.74) is 7.15. The van der Waals surface area contributed by atoms with Crippen LogP contribution in [0.5, 0.6) is 0 Å². The Hall–Kier alpha value is -4.14. The van der Waals surface area contributed by atoms with Gasteiger partial charge in [0, 0.05) is 24.2 Å². The first-order chi connectivity index (χ1) is 21.8. The number of anilines is 1. The van der Waals surface area contributed by atoms with Gasteiger partial charge in [0.05, 0.1) is 18.6 Å². The number of sulfonamides is 1. The van der Waals surface area contributed by atoms with Gasteiger partial charge in [-0.05, 0) is 54.7 Å². The minimum Gasteiger partial charge on any atom is -0.453 e. The Morgan fingerprint density at radius 3 is 1.91 bits per heavy atom. The number of aliphatic hydroxyl groups is 1. The fourth-order valence-electron chi connectivity index (χ4n) is 5.25. The maximum atomic E-state index is 14.3. The molecule has 3 aromatic carbocycles. The van der Waals surface area contributed by atoms with Crippen LogP contribution in [-0.4, -0.2) is 74.4 Å². The third kappa shape index (κ3) is 9.44. The van der Waals surface area contributed by atoms with Crippen molar-refractivity contribution < 1.29 is 41.0 Å². The first kappa shape index (κ1) is 36.3. The predicted molar refractivity (Wildman–Crippen MR) is 167 cm³/mol. The van der Waals surface area contributed by atoms with Crippen molar-refractivity contribution in [1.82, 2.24) is 14.9 Å². The predicted octanol–water partition coefficient (Wildman–Crippen LogP) is 4.41. The highest BCUT2D eigenvalue weighted by Crippen LogP contribution is 2.31. The Morgan fingerprint density at radius 2 is 1.46 bits per heavy atom. The summed E-state index contributed by atoms with van der Waals surface area (Å²) >= 11 is 0. The lowest BCUT2D eigenvalue weighted by Gasteiger charge is -2.31. The van der Waals surface area contributed by atoms with E-state index in [0.29, 0.717) is 16.8 Å². The number of halogens is 3. The fourth-order valence-corrected chi connectivity index (χ4v) is 6.90. The number of methoxy groups -OCH3 is 1. The Bertz CT molecular complexity index is 1470. The summed E-state index contributed by atoms with van der Waals surface area (Å²) in [6, 6.07) is 17.7. The lowest BCUT2D eigenvalue weighted by atomic mass is 9.84. The van der Waals surface area contributed by atoms with Crippen molar-refractivity contribution >= 4 is 27.7 Å². The quantitative estimate of drug-likeness (QED) is 0.176. The molecule has 0 aromatic heterocycles. The maximum absolute atomic E-state index is 14.3. The maximum Gasteiger partial charge on any atom is 0.408 e. The van der Waals surface area contributed by atoms with E-state index in [9.17, 15) is 36.3 Å². The topological polar surface area (TPSA) is 151 Å². The number of nitrogens with zero attached hydrogens (tertiary/aromatic N) is 1. The van der Waals surface area contributed by atoms with Crippen molar-refractivity contribution in [2.45, 2.75) is 61.3 Å². The van der Waals surface area contributed by atoms with Crippen molar-refractivity contribution in [3.8, 4) is 0 Å². The standard InChI is InChI=1S/C32H39F3N4O6S/c1-3-39(46(43,44)26-19-17-24(36)18-20-26)25(21-40)15-10-16-27(32(33,34)35)37-30(41)29(38-31(42)45-2)28(22-11-6-4-7-12-22)23-13-8-5-9-14-23/h4-9,11-14,17-20,25,27-29,40H,3,10,15-16,21,36H2,1-2H3,(H,37,41)(H,38,42). The zero-order valence-electron chi connectivity index (χ0n) is 25.5. The average Bonchev–Trinajstić information content (AvgIpc) is 3.04. The summed E-state index contributed by atoms with van der Waals surface area (Å²) < 4.78 is 75.1. The lowest BCUT2D eigenvalue weighted by Crippen LogP contribution is -2.55. The van der Waals surface area contributed by atoms with Gasteiger partial charge in [0.2, 0.25) is 15.9 Å². The normalized spacial score (nSPS) is 14.0. The number of nitrogens with one attached hydrogen (secondary N) is 2. The van der Waals surface area contributed by atoms with Crippen molar-refractivity contribution in [3.05, 3.63) is 96.1 Å². The largest absolute Gasteiger partial charge is 0.453 e. The smallest absolute Gasteiger partial charge is 0.408 e. The molecule has 3 unspecified atom stereocenters. The third-order valence-electron chi connectivity index (χ3n) is 7.55. The minimum absolute atomic E-state index is 0.0430. The highest BCUT2D eigenvalue weighted by molar-refractivity contribution is 7.89. The molecule has 0 saturated heterocycles. The van der Waals surface area contributed by atoms with Gasteiger partial charge in [0.15, 0.2) is 0 Å². The van der Waals surface area contributed by atoms with Gasteiger partial charge in [-0.3, -0.25) is 4.79 Å². The van der Waals surface area contributed by atoms with E-state index in [1.54, 1.807) is 67.6 Å². The molecule has 46 heavy (non-hydrogen) atoms. The zero-order valence-corrected chi connectivity index (χ0v) is 26.3. The van der Waals surface area contributed by atoms with Gasteiger partial charge in [-0.2, -0.15) is 17.5 Å². The number of hydrogen-bond donors (Lipinski definition) is 4. The molecule has 250 valence electrons. The van der Waals surface area contributed by atoms with Crippen molar-refractivity contribution in [2.75, 3.05) is 26.0 Å². The molecule has 3 aromatic rings. The molecule has 5 N–H and O–H groups in total. The van der Waals surface area contributed by atoms with Crippen LogP contribution in [-0.2, 0) is 19.6 Å². The van der Waals surface area contributed by atoms with E-state index >= 15 is 0 Å². The third-order valence-corrected chi connectivity index (χ3v) is 9.59. The number of aliphatic hydroxyl groups excluding tert-OH is 1. The van der Waals surface area contributed by atoms with Gasteiger partial charge in [-0.15, -0.1) is 0 Å². The molecular weight excluding hydrogens is 625 g/mol. The number of benzene rings is 3. The number of ether oxygens (including phenoxy) is 1. The summed E-state index contributed by atoms with van der Waals surface area (Å²) in [7, 11) is -3.01. The van der Waals surface area contributed by atoms with E-state index in [0.717, 1.165) is 11.4 Å². The Morgan fingerprint density at radius 1 is 0.913 bits per heavy atom. The van der Waals surface area contributed by atoms with Crippen LogP contribution in [0.3, 0.4) is 0 Å². The average molecular weight is 665 g/mol. The van der Waals surface area contributed by atoms with Crippen LogP contribution in [0.25, 0.3) is 0 Å². The van der Waals surface area contributed by atoms with Gasteiger partial charge >= 0.3 is 12.3 Å². The van der Waals surface area contributed by atoms with Crippen molar-refractivity contribution in [3.63, 3.8) is 0 Å². The number of nitrogen functional groups attached to an aromatic ring is 1. The van der Waals surface area contributed by atoms with Gasteiger partial charge in [-0.25, -0.2) is 13.2 Å². The molecule has 0 fully saturated rings. The molecule has 0 aliphatic heterocycles. The second-order valence-electron chi connectivity index (χ2n) is 10.6. The van der Waals surface area contributed by atoms with Crippen LogP contribution < -0.4 is 16.4 Å². The number of alkyl halides is 3. The minimum atomic E-state index is -4.88. The summed E-state index contributed by atoms with van der Waals surface area (Å²) in [5.74, 6) is -1.96. The molecular formula is C32H39F3N4O6S. The van der Waals surface area contributed by atoms with E-state index in [1.165, 1.54) is 24.3 Å². The Labute approximate surface area is 266 Å². The first-order valence-electron chi connectivity index (χ1n) is 14.6. The molecule has 2 amide bonds. The van der Waals surface area contributed by atoms with E-state index in [-0.39, 0.29) is 24.3 Å². The second-order valence-corrected chi connectivity index (χ2v) is 12.5. The number of hydrogen-bond acceptors (Lipinski definition) is 7. The van der Waals surface area contributed by atoms with Crippen LogP contribution in [0.2, 0.25) is 0 Å². The molecule has 0 bridgehead atoms. The van der Waals surface area contributed by atoms with Gasteiger partial charge in [0.25, 0.3) is 0 Å². The van der Waals surface area contributed by atoms with E-state index < -0.39 is 65.3 Å². The van der Waals surface area contributed by atoms with E-state index in [2.05, 4.69) is 10.6 Å². The number of carbonyl (C=O) groups is 2. The number of nitrogens with two attached hydrogens (primary N) is 1. The molecule has 0 aliphatic rings. The molecule has 14 heteroatoms. The number of alkyl carbamates (subject to hydrolysis) is 1. The number of rotatable bonds is 15. The Kier molecular flexibility index (Phi) is 13.0. The highest BCUT2D eigenvalue weighted by atomic mass is 32.2. The van der Waals surface area contributed by atoms with Gasteiger partial charge < -0.3 is 26.2 Å². The van der Waals surface area contributed by atoms with Crippen LogP contribution in [0.15, 0.2) is 89.8 Å². The van der Waals surface area contributed by atoms with Crippen LogP contribution in [0.4, 0.5) is 23.7 Å². The van der Waals surface area contributed by atoms with Crippen molar-refractivity contribution in [2.24, 2.45) is 0 Å². The molecule has 0 saturated carbocycles. The number of carbonyl (C=O) groups excluding carboxylic acids is 2. The van der Waals surface area contributed by atoms with Crippen LogP contribution in [0.1, 0.15) is 43.2 Å². The number of amides is 2. The van der Waals surface area contributed by atoms with E-state index in [1.807, 2.05) is 0 Å². The fraction of sp³-hybridized carbons (Fsp3) is 0.375. The van der Waals surface area contributed by atoms with E-state index in [4.69, 9.17) is 10.5 Å². The molecule has 0 heterocycles. The summed E-state index contributed by atoms with van der Waals surface area (Å²) in [5, 5.41) is 14.5. The lowest BCUT2D eigenvalue weighted by molar-refractivity contribution is -0.164. The number of likely N-dealkylation sites (N-methyl/N-ethyl adjacent to an activating group) is 1. The summed E-state index contributed by atoms with van der Waals surface area (Å²) in [6.07, 6.45) is -6.82. The molecule has 3 rings (SSSR count). The van der Waals surface area contributed by atoms with Crippen LogP contribution >= 0.6 is 0 Å². The molecule has 3 atom stereocenters. The summed E-state index contributed by atoms with van der Waals surface area (Å²) in [4.78, 5) is 25.9. The molecule has 10 nitrogen and oxygen atoms in total. The Balaban J connectivity index is 1.84. The monoisotopic (exact) mass is 664 g/mol. The SMILES string of the molecule is CCN(C(CO)CCCC(NC(=O)C(NC(=O)OC)C(c1ccccc1)c1ccccc1)C(F)(F)F)S(=O)(=O)c1ccc(N)cc1. The highest BCUT2D eigenvalue weighted by Gasteiger charge is 2.43. The molecule has 0 spiro atoms. The van der Waals surface area contributed by atoms with Gasteiger partial charge in [-0.1, -0.05) is 67.6 Å². The summed E-state index contributed by atoms with van der Waals surface area (Å²) in [6.45, 7) is 0.880. The zero-order chi connectivity index (χ0) is 33.9. The van der Waals surface area contributed by atoms with Crippen LogP contribution in [0, 0.1) is 0 Å².